The summed E-state index contributed by atoms with van der Waals surface area (Å²) in [5.74, 6) is -0.329. The third-order valence-corrected chi connectivity index (χ3v) is 3.50. The minimum atomic E-state index is -0.824. The normalized spacial score (nSPS) is 10.5. The number of benzene rings is 2. The molecular weight excluding hydrogens is 310 g/mol. The van der Waals surface area contributed by atoms with Gasteiger partial charge in [-0.05, 0) is 30.7 Å². The molecule has 3 aromatic rings. The van der Waals surface area contributed by atoms with Crippen LogP contribution in [0.15, 0.2) is 57.7 Å². The summed E-state index contributed by atoms with van der Waals surface area (Å²) in [7, 11) is 0. The standard InChI is InChI=1S/C18H15NO5/c1-11-6-2-4-8-13(11)23-10-15(20)19-16-17(21)12-7-3-5-9-14(12)24-18(16)22/h2-9,21H,10H2,1H3,(H,19,20). The average molecular weight is 325 g/mol. The SMILES string of the molecule is Cc1ccccc1OCC(=O)Nc1c(O)c2ccccc2oc1=O. The van der Waals surface area contributed by atoms with E-state index in [9.17, 15) is 14.7 Å². The van der Waals surface area contributed by atoms with Gasteiger partial charge < -0.3 is 19.6 Å². The summed E-state index contributed by atoms with van der Waals surface area (Å²) < 4.78 is 10.5. The van der Waals surface area contributed by atoms with Gasteiger partial charge in [-0.1, -0.05) is 30.3 Å². The summed E-state index contributed by atoms with van der Waals surface area (Å²) >= 11 is 0. The number of anilines is 1. The molecule has 122 valence electrons. The Morgan fingerprint density at radius 2 is 1.88 bits per heavy atom. The van der Waals surface area contributed by atoms with Crippen molar-refractivity contribution in [3.8, 4) is 11.5 Å². The van der Waals surface area contributed by atoms with E-state index in [1.54, 1.807) is 36.4 Å². The van der Waals surface area contributed by atoms with E-state index in [2.05, 4.69) is 5.32 Å². The number of fused-ring (bicyclic) bond motifs is 1. The van der Waals surface area contributed by atoms with Gasteiger partial charge in [-0.2, -0.15) is 0 Å². The predicted octanol–water partition coefficient (Wildman–Crippen LogP) is 2.82. The van der Waals surface area contributed by atoms with Gasteiger partial charge in [0.25, 0.3) is 5.91 Å². The third kappa shape index (κ3) is 3.08. The van der Waals surface area contributed by atoms with Crippen molar-refractivity contribution in [1.82, 2.24) is 0 Å². The first-order chi connectivity index (χ1) is 11.6. The van der Waals surface area contributed by atoms with Crippen molar-refractivity contribution >= 4 is 22.6 Å². The molecule has 0 spiro atoms. The van der Waals surface area contributed by atoms with Crippen molar-refractivity contribution in [1.29, 1.82) is 0 Å². The van der Waals surface area contributed by atoms with Crippen LogP contribution in [0.25, 0.3) is 11.0 Å². The van der Waals surface area contributed by atoms with Gasteiger partial charge in [0.15, 0.2) is 18.0 Å². The lowest BCUT2D eigenvalue weighted by Crippen LogP contribution is -2.23. The van der Waals surface area contributed by atoms with Gasteiger partial charge in [0, 0.05) is 0 Å². The molecule has 6 heteroatoms. The van der Waals surface area contributed by atoms with E-state index in [0.29, 0.717) is 11.1 Å². The molecule has 6 nitrogen and oxygen atoms in total. The summed E-state index contributed by atoms with van der Waals surface area (Å²) in [6.45, 7) is 1.56. The summed E-state index contributed by atoms with van der Waals surface area (Å²) in [6, 6.07) is 13.8. The van der Waals surface area contributed by atoms with Crippen molar-refractivity contribution in [3.63, 3.8) is 0 Å². The summed E-state index contributed by atoms with van der Waals surface area (Å²) in [5.41, 5.74) is 0.00931. The van der Waals surface area contributed by atoms with Gasteiger partial charge in [-0.25, -0.2) is 4.79 Å². The van der Waals surface area contributed by atoms with Crippen LogP contribution in [-0.2, 0) is 4.79 Å². The highest BCUT2D eigenvalue weighted by Crippen LogP contribution is 2.29. The van der Waals surface area contributed by atoms with E-state index in [-0.39, 0.29) is 23.6 Å². The largest absolute Gasteiger partial charge is 0.505 e. The second-order valence-electron chi connectivity index (χ2n) is 5.21. The molecule has 2 aromatic carbocycles. The topological polar surface area (TPSA) is 88.8 Å². The molecule has 0 aliphatic carbocycles. The van der Waals surface area contributed by atoms with E-state index in [0.717, 1.165) is 5.56 Å². The Hall–Kier alpha value is -3.28. The van der Waals surface area contributed by atoms with Crippen LogP contribution in [0.3, 0.4) is 0 Å². The highest BCUT2D eigenvalue weighted by Gasteiger charge is 2.16. The zero-order chi connectivity index (χ0) is 17.1. The first kappa shape index (κ1) is 15.6. The molecular formula is C18H15NO5. The maximum atomic E-state index is 12.0. The van der Waals surface area contributed by atoms with Crippen LogP contribution in [0, 0.1) is 6.92 Å². The van der Waals surface area contributed by atoms with E-state index >= 15 is 0 Å². The number of ether oxygens (including phenoxy) is 1. The second-order valence-corrected chi connectivity index (χ2v) is 5.21. The number of carbonyl (C=O) groups is 1. The Morgan fingerprint density at radius 1 is 1.17 bits per heavy atom. The lowest BCUT2D eigenvalue weighted by molar-refractivity contribution is -0.118. The van der Waals surface area contributed by atoms with E-state index in [4.69, 9.17) is 9.15 Å². The fraction of sp³-hybridized carbons (Fsp3) is 0.111. The molecule has 0 saturated carbocycles. The van der Waals surface area contributed by atoms with Crippen LogP contribution in [0.2, 0.25) is 0 Å². The van der Waals surface area contributed by atoms with Crippen LogP contribution in [-0.4, -0.2) is 17.6 Å². The number of carbonyl (C=O) groups excluding carboxylic acids is 1. The van der Waals surface area contributed by atoms with Crippen LogP contribution in [0.1, 0.15) is 5.56 Å². The van der Waals surface area contributed by atoms with Crippen LogP contribution in [0.4, 0.5) is 5.69 Å². The zero-order valence-electron chi connectivity index (χ0n) is 12.9. The lowest BCUT2D eigenvalue weighted by Gasteiger charge is -2.10. The highest BCUT2D eigenvalue weighted by atomic mass is 16.5. The van der Waals surface area contributed by atoms with E-state index < -0.39 is 11.5 Å². The molecule has 0 bridgehead atoms. The molecule has 0 aliphatic heterocycles. The number of rotatable bonds is 4. The molecule has 0 fully saturated rings. The van der Waals surface area contributed by atoms with E-state index in [1.807, 2.05) is 19.1 Å². The maximum absolute atomic E-state index is 12.0. The number of nitrogens with one attached hydrogen (secondary N) is 1. The smallest absolute Gasteiger partial charge is 0.364 e. The fourth-order valence-corrected chi connectivity index (χ4v) is 2.28. The van der Waals surface area contributed by atoms with Gasteiger partial charge >= 0.3 is 5.63 Å². The quantitative estimate of drug-likeness (QED) is 0.720. The molecule has 1 aromatic heterocycles. The summed E-state index contributed by atoms with van der Waals surface area (Å²) in [4.78, 5) is 23.9. The Morgan fingerprint density at radius 3 is 2.67 bits per heavy atom. The number of para-hydroxylation sites is 2. The minimum absolute atomic E-state index is 0.245. The van der Waals surface area contributed by atoms with Crippen molar-refractivity contribution in [3.05, 3.63) is 64.5 Å². The third-order valence-electron chi connectivity index (χ3n) is 3.50. The average Bonchev–Trinajstić information content (AvgIpc) is 2.58. The van der Waals surface area contributed by atoms with Crippen LogP contribution < -0.4 is 15.7 Å². The van der Waals surface area contributed by atoms with Crippen molar-refractivity contribution in [2.24, 2.45) is 0 Å². The van der Waals surface area contributed by atoms with Crippen LogP contribution >= 0.6 is 0 Å². The first-order valence-electron chi connectivity index (χ1n) is 7.29. The predicted molar refractivity (Wildman–Crippen MR) is 89.5 cm³/mol. The number of aromatic hydroxyl groups is 1. The number of aryl methyl sites for hydroxylation is 1. The molecule has 1 amide bonds. The first-order valence-corrected chi connectivity index (χ1v) is 7.29. The molecule has 0 saturated heterocycles. The van der Waals surface area contributed by atoms with E-state index in [1.165, 1.54) is 0 Å². The van der Waals surface area contributed by atoms with Gasteiger partial charge in [-0.15, -0.1) is 0 Å². The Balaban J connectivity index is 1.78. The molecule has 0 radical (unpaired) electrons. The lowest BCUT2D eigenvalue weighted by atomic mass is 10.2. The Kier molecular flexibility index (Phi) is 4.20. The number of hydrogen-bond acceptors (Lipinski definition) is 5. The number of hydrogen-bond donors (Lipinski definition) is 2. The molecule has 2 N–H and O–H groups in total. The molecule has 0 aliphatic rings. The van der Waals surface area contributed by atoms with Gasteiger partial charge in [-0.3, -0.25) is 4.79 Å². The Labute approximate surface area is 137 Å². The Bertz CT molecular complexity index is 961. The van der Waals surface area contributed by atoms with Gasteiger partial charge in [0.05, 0.1) is 5.39 Å². The monoisotopic (exact) mass is 325 g/mol. The maximum Gasteiger partial charge on any atom is 0.364 e. The van der Waals surface area contributed by atoms with Gasteiger partial charge in [0.1, 0.15) is 11.3 Å². The van der Waals surface area contributed by atoms with Crippen molar-refractivity contribution in [2.45, 2.75) is 6.92 Å². The zero-order valence-corrected chi connectivity index (χ0v) is 12.9. The molecule has 0 atom stereocenters. The highest BCUT2D eigenvalue weighted by molar-refractivity contribution is 5.97. The van der Waals surface area contributed by atoms with Crippen molar-refractivity contribution in [2.75, 3.05) is 11.9 Å². The van der Waals surface area contributed by atoms with Crippen LogP contribution in [0.5, 0.6) is 11.5 Å². The molecule has 3 rings (SSSR count). The van der Waals surface area contributed by atoms with Crippen molar-refractivity contribution < 1.29 is 19.1 Å². The second kappa shape index (κ2) is 6.45. The summed E-state index contributed by atoms with van der Waals surface area (Å²) in [6.07, 6.45) is 0. The van der Waals surface area contributed by atoms with Gasteiger partial charge in [0.2, 0.25) is 0 Å². The number of amides is 1. The summed E-state index contributed by atoms with van der Waals surface area (Å²) in [5, 5.41) is 12.9. The molecule has 0 unspecified atom stereocenters. The molecule has 24 heavy (non-hydrogen) atoms. The minimum Gasteiger partial charge on any atom is -0.505 e. The molecule has 1 heterocycles. The fourth-order valence-electron chi connectivity index (χ4n) is 2.28.